The molecule has 26 heavy (non-hydrogen) atoms. The van der Waals surface area contributed by atoms with Crippen LogP contribution in [0, 0.1) is 0 Å². The molecule has 0 aliphatic carbocycles. The van der Waals surface area contributed by atoms with Crippen LogP contribution in [0.15, 0.2) is 0 Å². The molecule has 2 aliphatic heterocycles. The number of carbonyl (C=O) groups excluding carboxylic acids is 2. The van der Waals surface area contributed by atoms with Gasteiger partial charge in [-0.15, -0.1) is 0 Å². The highest BCUT2D eigenvalue weighted by atomic mass is 16.6. The van der Waals surface area contributed by atoms with Crippen LogP contribution in [0.5, 0.6) is 0 Å². The number of H-pyrrole nitrogens is 1. The molecule has 0 radical (unpaired) electrons. The second kappa shape index (κ2) is 6.90. The maximum Gasteiger partial charge on any atom is 0.410 e. The summed E-state index contributed by atoms with van der Waals surface area (Å²) in [6.45, 7) is 11.4. The van der Waals surface area contributed by atoms with Crippen LogP contribution in [0.25, 0.3) is 0 Å². The maximum absolute atomic E-state index is 13.0. The average molecular weight is 364 g/mol. The Morgan fingerprint density at radius 3 is 2.46 bits per heavy atom. The van der Waals surface area contributed by atoms with Crippen LogP contribution < -0.4 is 0 Å². The number of morpholine rings is 1. The van der Waals surface area contributed by atoms with Crippen LogP contribution in [0.2, 0.25) is 0 Å². The molecule has 3 heterocycles. The Hall–Kier alpha value is -2.09. The van der Waals surface area contributed by atoms with E-state index >= 15 is 0 Å². The summed E-state index contributed by atoms with van der Waals surface area (Å²) in [7, 11) is 0. The van der Waals surface area contributed by atoms with Gasteiger partial charge in [0, 0.05) is 37.3 Å². The topological polar surface area (TPSA) is 87.8 Å². The molecule has 1 fully saturated rings. The first-order chi connectivity index (χ1) is 12.1. The molecule has 1 aromatic rings. The van der Waals surface area contributed by atoms with Crippen LogP contribution in [0.1, 0.15) is 56.4 Å². The zero-order valence-corrected chi connectivity index (χ0v) is 16.2. The van der Waals surface area contributed by atoms with Crippen molar-refractivity contribution in [2.75, 3.05) is 19.6 Å². The first kappa shape index (κ1) is 18.7. The molecule has 2 unspecified atom stereocenters. The van der Waals surface area contributed by atoms with Gasteiger partial charge in [0.05, 0.1) is 18.8 Å². The van der Waals surface area contributed by atoms with Crippen molar-refractivity contribution in [3.05, 3.63) is 17.0 Å². The number of hydrogen-bond acceptors (Lipinski definition) is 5. The molecule has 2 aliphatic rings. The molecule has 0 bridgehead atoms. The van der Waals surface area contributed by atoms with E-state index < -0.39 is 5.60 Å². The molecular weight excluding hydrogens is 336 g/mol. The number of nitrogens with one attached hydrogen (secondary N) is 1. The Balaban J connectivity index is 1.76. The number of ether oxygens (including phenoxy) is 2. The lowest BCUT2D eigenvalue weighted by Gasteiger charge is -2.35. The monoisotopic (exact) mass is 364 g/mol. The first-order valence-corrected chi connectivity index (χ1v) is 9.13. The number of carbonyl (C=O) groups is 2. The molecule has 144 valence electrons. The molecule has 8 heteroatoms. The molecule has 1 aromatic heterocycles. The number of amides is 2. The van der Waals surface area contributed by atoms with E-state index in [1.165, 1.54) is 0 Å². The summed E-state index contributed by atoms with van der Waals surface area (Å²) >= 11 is 0. The van der Waals surface area contributed by atoms with E-state index in [1.807, 2.05) is 34.6 Å². The summed E-state index contributed by atoms with van der Waals surface area (Å²) in [6, 6.07) is 0. The molecular formula is C18H28N4O4. The van der Waals surface area contributed by atoms with Crippen molar-refractivity contribution in [2.45, 2.75) is 65.4 Å². The van der Waals surface area contributed by atoms with Crippen molar-refractivity contribution < 1.29 is 19.1 Å². The van der Waals surface area contributed by atoms with Gasteiger partial charge in [-0.1, -0.05) is 0 Å². The van der Waals surface area contributed by atoms with Crippen molar-refractivity contribution in [3.8, 4) is 0 Å². The van der Waals surface area contributed by atoms with Gasteiger partial charge in [0.1, 0.15) is 5.60 Å². The summed E-state index contributed by atoms with van der Waals surface area (Å²) in [5.74, 6) is -0.115. The quantitative estimate of drug-likeness (QED) is 0.823. The minimum atomic E-state index is -0.549. The molecule has 3 rings (SSSR count). The predicted molar refractivity (Wildman–Crippen MR) is 94.8 cm³/mol. The van der Waals surface area contributed by atoms with E-state index in [0.29, 0.717) is 38.3 Å². The van der Waals surface area contributed by atoms with Gasteiger partial charge in [0.2, 0.25) is 0 Å². The number of rotatable bonds is 1. The third kappa shape index (κ3) is 4.00. The normalized spacial score (nSPS) is 23.6. The summed E-state index contributed by atoms with van der Waals surface area (Å²) in [5, 5.41) is 7.22. The van der Waals surface area contributed by atoms with Crippen LogP contribution in [0.3, 0.4) is 0 Å². The molecule has 0 spiro atoms. The lowest BCUT2D eigenvalue weighted by molar-refractivity contribution is -0.0587. The number of aromatic amines is 1. The summed E-state index contributed by atoms with van der Waals surface area (Å²) in [6.07, 6.45) is 0.257. The Kier molecular flexibility index (Phi) is 4.96. The summed E-state index contributed by atoms with van der Waals surface area (Å²) < 4.78 is 11.2. The van der Waals surface area contributed by atoms with Crippen LogP contribution in [-0.4, -0.2) is 69.4 Å². The van der Waals surface area contributed by atoms with Crippen molar-refractivity contribution in [2.24, 2.45) is 0 Å². The van der Waals surface area contributed by atoms with E-state index in [4.69, 9.17) is 9.47 Å². The highest BCUT2D eigenvalue weighted by Gasteiger charge is 2.33. The zero-order chi connectivity index (χ0) is 19.1. The Labute approximate surface area is 153 Å². The number of nitrogens with zero attached hydrogens (tertiary/aromatic N) is 3. The summed E-state index contributed by atoms with van der Waals surface area (Å²) in [4.78, 5) is 28.8. The van der Waals surface area contributed by atoms with Gasteiger partial charge in [-0.3, -0.25) is 9.89 Å². The van der Waals surface area contributed by atoms with Crippen molar-refractivity contribution in [1.82, 2.24) is 20.0 Å². The molecule has 1 saturated heterocycles. The largest absolute Gasteiger partial charge is 0.444 e. The fourth-order valence-electron chi connectivity index (χ4n) is 3.45. The highest BCUT2D eigenvalue weighted by molar-refractivity contribution is 5.94. The van der Waals surface area contributed by atoms with Gasteiger partial charge in [0.15, 0.2) is 5.69 Å². The van der Waals surface area contributed by atoms with Crippen molar-refractivity contribution >= 4 is 12.0 Å². The average Bonchev–Trinajstić information content (AvgIpc) is 2.94. The number of fused-ring (bicyclic) bond motifs is 1. The third-order valence-electron chi connectivity index (χ3n) is 4.49. The van der Waals surface area contributed by atoms with Crippen LogP contribution in [0.4, 0.5) is 4.79 Å². The van der Waals surface area contributed by atoms with Gasteiger partial charge < -0.3 is 19.3 Å². The third-order valence-corrected chi connectivity index (χ3v) is 4.49. The smallest absolute Gasteiger partial charge is 0.410 e. The molecule has 2 amide bonds. The first-order valence-electron chi connectivity index (χ1n) is 9.13. The van der Waals surface area contributed by atoms with Crippen molar-refractivity contribution in [1.29, 1.82) is 0 Å². The SMILES string of the molecule is CC1CN(C(=O)c2n[nH]c3c2CN(C(=O)OC(C)(C)C)CC3)CC(C)O1. The van der Waals surface area contributed by atoms with E-state index in [9.17, 15) is 9.59 Å². The lowest BCUT2D eigenvalue weighted by atomic mass is 10.0. The van der Waals surface area contributed by atoms with E-state index in [-0.39, 0.29) is 24.2 Å². The van der Waals surface area contributed by atoms with E-state index in [2.05, 4.69) is 10.2 Å². The highest BCUT2D eigenvalue weighted by Crippen LogP contribution is 2.24. The predicted octanol–water partition coefficient (Wildman–Crippen LogP) is 1.95. The van der Waals surface area contributed by atoms with E-state index in [1.54, 1.807) is 9.80 Å². The fourth-order valence-corrected chi connectivity index (χ4v) is 3.45. The van der Waals surface area contributed by atoms with Gasteiger partial charge >= 0.3 is 6.09 Å². The van der Waals surface area contributed by atoms with E-state index in [0.717, 1.165) is 11.3 Å². The molecule has 0 aromatic carbocycles. The molecule has 0 saturated carbocycles. The molecule has 8 nitrogen and oxygen atoms in total. The van der Waals surface area contributed by atoms with Crippen molar-refractivity contribution in [3.63, 3.8) is 0 Å². The number of hydrogen-bond donors (Lipinski definition) is 1. The zero-order valence-electron chi connectivity index (χ0n) is 16.2. The minimum absolute atomic E-state index is 0.00395. The van der Waals surface area contributed by atoms with Gasteiger partial charge in [0.25, 0.3) is 5.91 Å². The molecule has 2 atom stereocenters. The minimum Gasteiger partial charge on any atom is -0.444 e. The Bertz CT molecular complexity index is 684. The molecule has 1 N–H and O–H groups in total. The lowest BCUT2D eigenvalue weighted by Crippen LogP contribution is -2.48. The fraction of sp³-hybridized carbons (Fsp3) is 0.722. The standard InChI is InChI=1S/C18H28N4O4/c1-11-8-22(9-12(2)25-11)16(23)15-13-10-21(7-6-14(13)19-20-15)17(24)26-18(3,4)5/h11-12H,6-10H2,1-5H3,(H,19,20). The van der Waals surface area contributed by atoms with Crippen LogP contribution >= 0.6 is 0 Å². The van der Waals surface area contributed by atoms with Gasteiger partial charge in [-0.05, 0) is 34.6 Å². The van der Waals surface area contributed by atoms with Gasteiger partial charge in [-0.25, -0.2) is 4.79 Å². The summed E-state index contributed by atoms with van der Waals surface area (Å²) in [5.41, 5.74) is 1.56. The Morgan fingerprint density at radius 1 is 1.19 bits per heavy atom. The second-order valence-corrected chi connectivity index (χ2v) is 8.15. The van der Waals surface area contributed by atoms with Gasteiger partial charge in [-0.2, -0.15) is 5.10 Å². The second-order valence-electron chi connectivity index (χ2n) is 8.15. The number of aromatic nitrogens is 2. The maximum atomic E-state index is 13.0. The Morgan fingerprint density at radius 2 is 1.85 bits per heavy atom. The van der Waals surface area contributed by atoms with Crippen LogP contribution in [-0.2, 0) is 22.4 Å².